The summed E-state index contributed by atoms with van der Waals surface area (Å²) in [5.41, 5.74) is -0.236. The van der Waals surface area contributed by atoms with Crippen LogP contribution < -0.4 is 0 Å². The van der Waals surface area contributed by atoms with Crippen LogP contribution in [0.1, 0.15) is 27.2 Å². The highest BCUT2D eigenvalue weighted by molar-refractivity contribution is 7.81. The zero-order valence-corrected chi connectivity index (χ0v) is 9.56. The van der Waals surface area contributed by atoms with Crippen LogP contribution in [0.2, 0.25) is 0 Å². The summed E-state index contributed by atoms with van der Waals surface area (Å²) in [4.78, 5) is 11.0. The number of methoxy groups -OCH3 is 1. The summed E-state index contributed by atoms with van der Waals surface area (Å²) in [5, 5.41) is -0.356. The third-order valence-electron chi connectivity index (χ3n) is 1.84. The second kappa shape index (κ2) is 5.50. The maximum absolute atomic E-state index is 11.0. The van der Waals surface area contributed by atoms with Gasteiger partial charge in [-0.25, -0.2) is 0 Å². The van der Waals surface area contributed by atoms with Gasteiger partial charge in [0.05, 0.1) is 17.5 Å². The first-order valence-corrected chi connectivity index (χ1v) is 4.80. The molecular formula is C9H18O3S. The highest BCUT2D eigenvalue weighted by Gasteiger charge is 2.17. The first-order valence-electron chi connectivity index (χ1n) is 4.29. The van der Waals surface area contributed by atoms with E-state index in [0.717, 1.165) is 0 Å². The van der Waals surface area contributed by atoms with Gasteiger partial charge in [-0.3, -0.25) is 4.79 Å². The third-order valence-corrected chi connectivity index (χ3v) is 2.05. The summed E-state index contributed by atoms with van der Waals surface area (Å²) in [7, 11) is 1.64. The first kappa shape index (κ1) is 12.8. The molecular weight excluding hydrogens is 188 g/mol. The zero-order valence-electron chi connectivity index (χ0n) is 8.66. The van der Waals surface area contributed by atoms with Crippen molar-refractivity contribution < 1.29 is 14.3 Å². The summed E-state index contributed by atoms with van der Waals surface area (Å²) >= 11 is 3.96. The minimum atomic E-state index is -0.356. The maximum Gasteiger partial charge on any atom is 0.318 e. The molecule has 0 aliphatic carbocycles. The Balaban J connectivity index is 3.62. The quantitative estimate of drug-likeness (QED) is 0.549. The van der Waals surface area contributed by atoms with Crippen LogP contribution in [-0.2, 0) is 14.3 Å². The highest BCUT2D eigenvalue weighted by Crippen LogP contribution is 2.12. The Morgan fingerprint density at radius 3 is 2.46 bits per heavy atom. The number of thiol groups is 1. The van der Waals surface area contributed by atoms with Gasteiger partial charge >= 0.3 is 5.97 Å². The van der Waals surface area contributed by atoms with Crippen LogP contribution in [-0.4, -0.2) is 30.5 Å². The van der Waals surface area contributed by atoms with E-state index in [1.807, 2.05) is 13.8 Å². The second-order valence-electron chi connectivity index (χ2n) is 3.56. The molecule has 1 unspecified atom stereocenters. The Kier molecular flexibility index (Phi) is 5.40. The van der Waals surface area contributed by atoms with E-state index in [9.17, 15) is 4.79 Å². The number of carbonyl (C=O) groups excluding carboxylic acids is 1. The van der Waals surface area contributed by atoms with Crippen molar-refractivity contribution in [2.75, 3.05) is 13.7 Å². The SMILES string of the molecule is COC(C)(C)CCOC(=O)C(C)S. The smallest absolute Gasteiger partial charge is 0.318 e. The molecule has 0 N–H and O–H groups in total. The van der Waals surface area contributed by atoms with Gasteiger partial charge in [0.2, 0.25) is 0 Å². The fraction of sp³-hybridized carbons (Fsp3) is 0.889. The molecule has 0 aromatic carbocycles. The number of ether oxygens (including phenoxy) is 2. The van der Waals surface area contributed by atoms with Crippen LogP contribution in [0.25, 0.3) is 0 Å². The summed E-state index contributed by atoms with van der Waals surface area (Å²) in [6.07, 6.45) is 0.690. The Bertz CT molecular complexity index is 166. The molecule has 0 bridgehead atoms. The Labute approximate surface area is 85.2 Å². The van der Waals surface area contributed by atoms with Gasteiger partial charge in [-0.2, -0.15) is 12.6 Å². The molecule has 0 radical (unpaired) electrons. The van der Waals surface area contributed by atoms with Crippen molar-refractivity contribution in [1.82, 2.24) is 0 Å². The molecule has 0 saturated carbocycles. The predicted molar refractivity (Wildman–Crippen MR) is 55.1 cm³/mol. The number of hydrogen-bond acceptors (Lipinski definition) is 4. The zero-order chi connectivity index (χ0) is 10.5. The van der Waals surface area contributed by atoms with Crippen LogP contribution in [0, 0.1) is 0 Å². The average Bonchev–Trinajstić information content (AvgIpc) is 2.04. The highest BCUT2D eigenvalue weighted by atomic mass is 32.1. The molecule has 0 heterocycles. The lowest BCUT2D eigenvalue weighted by atomic mass is 10.1. The molecule has 0 aliphatic heterocycles. The van der Waals surface area contributed by atoms with Gasteiger partial charge < -0.3 is 9.47 Å². The Morgan fingerprint density at radius 1 is 1.54 bits per heavy atom. The summed E-state index contributed by atoms with van der Waals surface area (Å²) < 4.78 is 10.1. The van der Waals surface area contributed by atoms with Gasteiger partial charge in [0.15, 0.2) is 0 Å². The molecule has 3 nitrogen and oxygen atoms in total. The van der Waals surface area contributed by atoms with E-state index in [1.165, 1.54) is 0 Å². The molecule has 0 spiro atoms. The lowest BCUT2D eigenvalue weighted by Crippen LogP contribution is -2.26. The summed E-state index contributed by atoms with van der Waals surface area (Å²) in [6, 6.07) is 0. The number of rotatable bonds is 5. The minimum Gasteiger partial charge on any atom is -0.465 e. The van der Waals surface area contributed by atoms with E-state index < -0.39 is 0 Å². The van der Waals surface area contributed by atoms with Crippen molar-refractivity contribution in [3.63, 3.8) is 0 Å². The van der Waals surface area contributed by atoms with Gasteiger partial charge in [0.1, 0.15) is 0 Å². The van der Waals surface area contributed by atoms with Crippen molar-refractivity contribution in [2.24, 2.45) is 0 Å². The van der Waals surface area contributed by atoms with Crippen molar-refractivity contribution in [2.45, 2.75) is 38.0 Å². The second-order valence-corrected chi connectivity index (χ2v) is 4.33. The molecule has 13 heavy (non-hydrogen) atoms. The van der Waals surface area contributed by atoms with Gasteiger partial charge in [0.25, 0.3) is 0 Å². The lowest BCUT2D eigenvalue weighted by Gasteiger charge is -2.22. The standard InChI is InChI=1S/C9H18O3S/c1-7(13)8(10)12-6-5-9(2,3)11-4/h7,13H,5-6H2,1-4H3. The van der Waals surface area contributed by atoms with Crippen molar-refractivity contribution in [3.8, 4) is 0 Å². The average molecular weight is 206 g/mol. The van der Waals surface area contributed by atoms with Crippen LogP contribution in [0.5, 0.6) is 0 Å². The van der Waals surface area contributed by atoms with Gasteiger partial charge in [0, 0.05) is 13.5 Å². The molecule has 0 saturated heterocycles. The van der Waals surface area contributed by atoms with E-state index in [0.29, 0.717) is 13.0 Å². The van der Waals surface area contributed by atoms with Crippen molar-refractivity contribution in [1.29, 1.82) is 0 Å². The number of carbonyl (C=O) groups is 1. The molecule has 78 valence electrons. The van der Waals surface area contributed by atoms with Gasteiger partial charge in [-0.05, 0) is 20.8 Å². The van der Waals surface area contributed by atoms with E-state index in [4.69, 9.17) is 9.47 Å². The molecule has 0 aliphatic rings. The molecule has 0 aromatic rings. The minimum absolute atomic E-state index is 0.236. The molecule has 0 amide bonds. The van der Waals surface area contributed by atoms with Crippen LogP contribution >= 0.6 is 12.6 Å². The summed E-state index contributed by atoms with van der Waals surface area (Å²) in [5.74, 6) is -0.282. The van der Waals surface area contributed by atoms with Crippen LogP contribution in [0.3, 0.4) is 0 Å². The maximum atomic E-state index is 11.0. The first-order chi connectivity index (χ1) is 5.89. The van der Waals surface area contributed by atoms with Gasteiger partial charge in [-0.1, -0.05) is 0 Å². The third kappa shape index (κ3) is 5.93. The summed E-state index contributed by atoms with van der Waals surface area (Å²) in [6.45, 7) is 5.97. The fourth-order valence-corrected chi connectivity index (χ4v) is 0.695. The van der Waals surface area contributed by atoms with Crippen LogP contribution in [0.15, 0.2) is 0 Å². The normalized spacial score (nSPS) is 13.9. The van der Waals surface area contributed by atoms with E-state index >= 15 is 0 Å². The molecule has 0 rings (SSSR count). The van der Waals surface area contributed by atoms with Crippen LogP contribution in [0.4, 0.5) is 0 Å². The van der Waals surface area contributed by atoms with E-state index in [1.54, 1.807) is 14.0 Å². The molecule has 1 atom stereocenters. The van der Waals surface area contributed by atoms with Crippen molar-refractivity contribution in [3.05, 3.63) is 0 Å². The number of hydrogen-bond donors (Lipinski definition) is 1. The lowest BCUT2D eigenvalue weighted by molar-refractivity contribution is -0.144. The monoisotopic (exact) mass is 206 g/mol. The number of esters is 1. The van der Waals surface area contributed by atoms with Crippen molar-refractivity contribution >= 4 is 18.6 Å². The molecule has 0 fully saturated rings. The molecule has 0 aromatic heterocycles. The van der Waals surface area contributed by atoms with E-state index in [2.05, 4.69) is 12.6 Å². The van der Waals surface area contributed by atoms with Gasteiger partial charge in [-0.15, -0.1) is 0 Å². The Hall–Kier alpha value is -0.220. The van der Waals surface area contributed by atoms with E-state index in [-0.39, 0.29) is 16.8 Å². The fourth-order valence-electron chi connectivity index (χ4n) is 0.620. The predicted octanol–water partition coefficient (Wildman–Crippen LogP) is 1.66. The Morgan fingerprint density at radius 2 is 2.08 bits per heavy atom. The molecule has 4 heteroatoms. The topological polar surface area (TPSA) is 35.5 Å². The largest absolute Gasteiger partial charge is 0.465 e.